The van der Waals surface area contributed by atoms with Crippen LogP contribution in [0.2, 0.25) is 0 Å². The third-order valence-electron chi connectivity index (χ3n) is 5.94. The summed E-state index contributed by atoms with van der Waals surface area (Å²) in [6.07, 6.45) is 9.52. The van der Waals surface area contributed by atoms with Crippen LogP contribution in [0.4, 0.5) is 0 Å². The number of unbranched alkanes of at least 4 members (excludes halogenated alkanes) is 3. The Balaban J connectivity index is 1.72. The van der Waals surface area contributed by atoms with Crippen LogP contribution >= 0.6 is 0 Å². The van der Waals surface area contributed by atoms with E-state index in [2.05, 4.69) is 74.5 Å². The molecule has 2 heteroatoms. The number of hydrogen-bond acceptors (Lipinski definition) is 2. The van der Waals surface area contributed by atoms with Gasteiger partial charge in [0.25, 0.3) is 0 Å². The predicted molar refractivity (Wildman–Crippen MR) is 139 cm³/mol. The third kappa shape index (κ3) is 7.75. The first-order valence-electron chi connectivity index (χ1n) is 12.3. The number of aryl methyl sites for hydroxylation is 2. The molecule has 0 saturated heterocycles. The molecule has 2 nitrogen and oxygen atoms in total. The molecule has 3 aromatic rings. The van der Waals surface area contributed by atoms with Gasteiger partial charge in [-0.05, 0) is 72.9 Å². The van der Waals surface area contributed by atoms with Gasteiger partial charge in [-0.2, -0.15) is 0 Å². The number of carbonyl (C=O) groups excluding carboxylic acids is 1. The van der Waals surface area contributed by atoms with Crippen molar-refractivity contribution in [3.8, 4) is 0 Å². The SMILES string of the molecule is CCCCC/C(=C/c1ccccc1)c1c(C)cccc1C(=O)OCCCCc1ccccc1. The van der Waals surface area contributed by atoms with Crippen molar-refractivity contribution < 1.29 is 9.53 Å². The van der Waals surface area contributed by atoms with Crippen LogP contribution in [0.15, 0.2) is 78.9 Å². The molecule has 0 N–H and O–H groups in total. The number of ether oxygens (including phenoxy) is 1. The van der Waals surface area contributed by atoms with E-state index in [9.17, 15) is 4.79 Å². The average molecular weight is 441 g/mol. The van der Waals surface area contributed by atoms with Crippen LogP contribution in [-0.4, -0.2) is 12.6 Å². The van der Waals surface area contributed by atoms with E-state index in [0.29, 0.717) is 12.2 Å². The predicted octanol–water partition coefficient (Wildman–Crippen LogP) is 8.30. The molecule has 3 aromatic carbocycles. The maximum atomic E-state index is 13.1. The van der Waals surface area contributed by atoms with Gasteiger partial charge in [-0.25, -0.2) is 4.79 Å². The third-order valence-corrected chi connectivity index (χ3v) is 5.94. The number of esters is 1. The van der Waals surface area contributed by atoms with Crippen molar-refractivity contribution in [1.82, 2.24) is 0 Å². The highest BCUT2D eigenvalue weighted by Crippen LogP contribution is 2.30. The number of allylic oxidation sites excluding steroid dienone is 1. The first kappa shape index (κ1) is 24.5. The lowest BCUT2D eigenvalue weighted by Crippen LogP contribution is -2.10. The summed E-state index contributed by atoms with van der Waals surface area (Å²) in [6.45, 7) is 4.76. The second-order valence-electron chi connectivity index (χ2n) is 8.61. The molecule has 172 valence electrons. The second-order valence-corrected chi connectivity index (χ2v) is 8.61. The molecule has 0 saturated carbocycles. The van der Waals surface area contributed by atoms with Crippen LogP contribution < -0.4 is 0 Å². The van der Waals surface area contributed by atoms with Gasteiger partial charge in [0.1, 0.15) is 0 Å². The Bertz CT molecular complexity index is 1020. The summed E-state index contributed by atoms with van der Waals surface area (Å²) in [5, 5.41) is 0. The summed E-state index contributed by atoms with van der Waals surface area (Å²) in [5.41, 5.74) is 6.53. The Kier molecular flexibility index (Phi) is 9.97. The Morgan fingerprint density at radius 1 is 0.818 bits per heavy atom. The molecule has 0 radical (unpaired) electrons. The Morgan fingerprint density at radius 3 is 2.27 bits per heavy atom. The normalized spacial score (nSPS) is 11.4. The minimum absolute atomic E-state index is 0.220. The fourth-order valence-corrected chi connectivity index (χ4v) is 4.17. The van der Waals surface area contributed by atoms with Crippen LogP contribution in [0.5, 0.6) is 0 Å². The molecular weight excluding hydrogens is 404 g/mol. The number of hydrogen-bond donors (Lipinski definition) is 0. The number of carbonyl (C=O) groups is 1. The summed E-state index contributed by atoms with van der Waals surface area (Å²) in [5.74, 6) is -0.220. The Labute approximate surface area is 199 Å². The lowest BCUT2D eigenvalue weighted by atomic mass is 9.90. The molecule has 0 aliphatic carbocycles. The van der Waals surface area contributed by atoms with Gasteiger partial charge in [0.2, 0.25) is 0 Å². The lowest BCUT2D eigenvalue weighted by Gasteiger charge is -2.16. The van der Waals surface area contributed by atoms with E-state index in [0.717, 1.165) is 48.8 Å². The van der Waals surface area contributed by atoms with E-state index in [1.807, 2.05) is 24.3 Å². The van der Waals surface area contributed by atoms with Gasteiger partial charge in [0, 0.05) is 0 Å². The van der Waals surface area contributed by atoms with Gasteiger partial charge in [0.05, 0.1) is 12.2 Å². The minimum atomic E-state index is -0.220. The zero-order valence-electron chi connectivity index (χ0n) is 20.1. The molecule has 0 unspecified atom stereocenters. The van der Waals surface area contributed by atoms with E-state index in [1.54, 1.807) is 0 Å². The Morgan fingerprint density at radius 2 is 1.55 bits per heavy atom. The quantitative estimate of drug-likeness (QED) is 0.161. The summed E-state index contributed by atoms with van der Waals surface area (Å²) >= 11 is 0. The summed E-state index contributed by atoms with van der Waals surface area (Å²) < 4.78 is 5.72. The second kappa shape index (κ2) is 13.4. The molecular formula is C31H36O2. The first-order valence-corrected chi connectivity index (χ1v) is 12.3. The molecule has 33 heavy (non-hydrogen) atoms. The molecule has 0 spiro atoms. The van der Waals surface area contributed by atoms with Crippen molar-refractivity contribution in [2.45, 2.75) is 58.8 Å². The van der Waals surface area contributed by atoms with Crippen molar-refractivity contribution in [3.05, 3.63) is 107 Å². The Hall–Kier alpha value is -3.13. The zero-order valence-corrected chi connectivity index (χ0v) is 20.1. The average Bonchev–Trinajstić information content (AvgIpc) is 2.84. The minimum Gasteiger partial charge on any atom is -0.462 e. The van der Waals surface area contributed by atoms with E-state index < -0.39 is 0 Å². The molecule has 0 fully saturated rings. The highest BCUT2D eigenvalue weighted by molar-refractivity contribution is 5.98. The van der Waals surface area contributed by atoms with Gasteiger partial charge >= 0.3 is 5.97 Å². The number of benzene rings is 3. The molecule has 0 aliphatic heterocycles. The highest BCUT2D eigenvalue weighted by atomic mass is 16.5. The largest absolute Gasteiger partial charge is 0.462 e. The summed E-state index contributed by atoms with van der Waals surface area (Å²) in [6, 6.07) is 26.8. The summed E-state index contributed by atoms with van der Waals surface area (Å²) in [7, 11) is 0. The van der Waals surface area contributed by atoms with E-state index >= 15 is 0 Å². The maximum Gasteiger partial charge on any atom is 0.338 e. The van der Waals surface area contributed by atoms with Crippen LogP contribution in [0.3, 0.4) is 0 Å². The first-order chi connectivity index (χ1) is 16.2. The molecule has 0 aromatic heterocycles. The van der Waals surface area contributed by atoms with Crippen molar-refractivity contribution in [1.29, 1.82) is 0 Å². The molecule has 0 heterocycles. The molecule has 0 atom stereocenters. The standard InChI is InChI=1S/C31H36O2/c1-3-4-7-21-28(24-27-19-10-6-11-20-27)30-25(2)15-14-22-29(30)31(32)33-23-13-12-18-26-16-8-5-9-17-26/h5-6,8-11,14-17,19-20,22,24H,3-4,7,12-13,18,21,23H2,1-2H3/b28-24-. The van der Waals surface area contributed by atoms with Crippen molar-refractivity contribution >= 4 is 17.6 Å². The number of rotatable bonds is 12. The van der Waals surface area contributed by atoms with Crippen molar-refractivity contribution in [2.75, 3.05) is 6.61 Å². The van der Waals surface area contributed by atoms with Crippen LogP contribution in [0, 0.1) is 6.92 Å². The summed E-state index contributed by atoms with van der Waals surface area (Å²) in [4.78, 5) is 13.1. The van der Waals surface area contributed by atoms with E-state index in [4.69, 9.17) is 4.74 Å². The van der Waals surface area contributed by atoms with Gasteiger partial charge in [0.15, 0.2) is 0 Å². The zero-order chi connectivity index (χ0) is 23.3. The van der Waals surface area contributed by atoms with Gasteiger partial charge < -0.3 is 4.74 Å². The maximum absolute atomic E-state index is 13.1. The highest BCUT2D eigenvalue weighted by Gasteiger charge is 2.18. The fourth-order valence-electron chi connectivity index (χ4n) is 4.17. The molecule has 0 bridgehead atoms. The fraction of sp³-hybridized carbons (Fsp3) is 0.323. The molecule has 3 rings (SSSR count). The van der Waals surface area contributed by atoms with E-state index in [-0.39, 0.29) is 5.97 Å². The van der Waals surface area contributed by atoms with Gasteiger partial charge in [-0.15, -0.1) is 0 Å². The van der Waals surface area contributed by atoms with Crippen LogP contribution in [0.25, 0.3) is 11.6 Å². The van der Waals surface area contributed by atoms with Crippen LogP contribution in [-0.2, 0) is 11.2 Å². The molecule has 0 amide bonds. The van der Waals surface area contributed by atoms with Gasteiger partial charge in [-0.1, -0.05) is 98.6 Å². The topological polar surface area (TPSA) is 26.3 Å². The molecule has 0 aliphatic rings. The van der Waals surface area contributed by atoms with Crippen LogP contribution in [0.1, 0.15) is 78.1 Å². The van der Waals surface area contributed by atoms with E-state index in [1.165, 1.54) is 24.0 Å². The van der Waals surface area contributed by atoms with Gasteiger partial charge in [-0.3, -0.25) is 0 Å². The monoisotopic (exact) mass is 440 g/mol. The van der Waals surface area contributed by atoms with Crippen molar-refractivity contribution in [2.24, 2.45) is 0 Å². The smallest absolute Gasteiger partial charge is 0.338 e. The van der Waals surface area contributed by atoms with Crippen molar-refractivity contribution in [3.63, 3.8) is 0 Å². The lowest BCUT2D eigenvalue weighted by molar-refractivity contribution is 0.0498.